The Labute approximate surface area is 125 Å². The number of nitrogens with zero attached hydrogens (tertiary/aromatic N) is 1. The number of ether oxygens (including phenoxy) is 1. The number of rotatable bonds is 5. The monoisotopic (exact) mass is 298 g/mol. The highest BCUT2D eigenvalue weighted by Crippen LogP contribution is 2.28. The Morgan fingerprint density at radius 1 is 1.29 bits per heavy atom. The number of halogens is 2. The lowest BCUT2D eigenvalue weighted by molar-refractivity contribution is -0.0719. The molecule has 0 radical (unpaired) electrons. The van der Waals surface area contributed by atoms with Crippen LogP contribution in [0.1, 0.15) is 43.9 Å². The van der Waals surface area contributed by atoms with Gasteiger partial charge in [0.15, 0.2) is 0 Å². The topological polar surface area (TPSA) is 38.5 Å². The molecular weight excluding hydrogens is 274 g/mol. The first-order chi connectivity index (χ1) is 10.1. The zero-order valence-electron chi connectivity index (χ0n) is 12.6. The Hall–Kier alpha value is -1.04. The molecule has 0 aromatic heterocycles. The lowest BCUT2D eigenvalue weighted by atomic mass is 9.99. The van der Waals surface area contributed by atoms with Crippen LogP contribution in [0.2, 0.25) is 0 Å². The van der Waals surface area contributed by atoms with E-state index in [0.717, 1.165) is 18.5 Å². The highest BCUT2D eigenvalue weighted by Gasteiger charge is 2.31. The van der Waals surface area contributed by atoms with Crippen LogP contribution < -0.4 is 5.73 Å². The SMILES string of the molecule is CCC1COC(C)CN1C(CN)c1ccc(C(F)F)cc1. The average Bonchev–Trinajstić information content (AvgIpc) is 2.49. The molecule has 2 N–H and O–H groups in total. The summed E-state index contributed by atoms with van der Waals surface area (Å²) >= 11 is 0. The quantitative estimate of drug-likeness (QED) is 0.907. The molecule has 118 valence electrons. The highest BCUT2D eigenvalue weighted by atomic mass is 19.3. The summed E-state index contributed by atoms with van der Waals surface area (Å²) in [6, 6.07) is 6.90. The minimum absolute atomic E-state index is 0.0491. The van der Waals surface area contributed by atoms with E-state index in [1.807, 2.05) is 6.92 Å². The van der Waals surface area contributed by atoms with Crippen molar-refractivity contribution in [2.45, 2.75) is 44.9 Å². The molecule has 2 rings (SSSR count). The number of alkyl halides is 2. The van der Waals surface area contributed by atoms with Gasteiger partial charge in [-0.15, -0.1) is 0 Å². The van der Waals surface area contributed by atoms with Crippen LogP contribution >= 0.6 is 0 Å². The van der Waals surface area contributed by atoms with Crippen LogP contribution in [-0.2, 0) is 4.74 Å². The van der Waals surface area contributed by atoms with E-state index in [1.54, 1.807) is 12.1 Å². The van der Waals surface area contributed by atoms with Crippen LogP contribution in [0.4, 0.5) is 8.78 Å². The Bertz CT molecular complexity index is 438. The van der Waals surface area contributed by atoms with Gasteiger partial charge < -0.3 is 10.5 Å². The van der Waals surface area contributed by atoms with Crippen molar-refractivity contribution in [1.82, 2.24) is 4.90 Å². The fourth-order valence-electron chi connectivity index (χ4n) is 2.93. The van der Waals surface area contributed by atoms with Gasteiger partial charge >= 0.3 is 0 Å². The lowest BCUT2D eigenvalue weighted by Crippen LogP contribution is -2.51. The predicted molar refractivity (Wildman–Crippen MR) is 79.4 cm³/mol. The molecule has 5 heteroatoms. The molecule has 1 aliphatic heterocycles. The van der Waals surface area contributed by atoms with Crippen molar-refractivity contribution >= 4 is 0 Å². The standard InChI is InChI=1S/C16H24F2N2O/c1-3-14-10-21-11(2)9-20(14)15(8-19)12-4-6-13(7-5-12)16(17)18/h4-7,11,14-16H,3,8-10,19H2,1-2H3. The number of nitrogens with two attached hydrogens (primary N) is 1. The van der Waals surface area contributed by atoms with Crippen LogP contribution in [0.25, 0.3) is 0 Å². The Morgan fingerprint density at radius 2 is 1.90 bits per heavy atom. The van der Waals surface area contributed by atoms with Crippen molar-refractivity contribution in [3.8, 4) is 0 Å². The second-order valence-electron chi connectivity index (χ2n) is 5.62. The van der Waals surface area contributed by atoms with Crippen LogP contribution in [0.15, 0.2) is 24.3 Å². The van der Waals surface area contributed by atoms with Crippen molar-refractivity contribution < 1.29 is 13.5 Å². The summed E-state index contributed by atoms with van der Waals surface area (Å²) in [7, 11) is 0. The van der Waals surface area contributed by atoms with Crippen molar-refractivity contribution in [3.63, 3.8) is 0 Å². The van der Waals surface area contributed by atoms with Gasteiger partial charge in [0, 0.05) is 30.7 Å². The third kappa shape index (κ3) is 3.78. The molecule has 3 nitrogen and oxygen atoms in total. The Morgan fingerprint density at radius 3 is 2.43 bits per heavy atom. The molecule has 1 aromatic rings. The van der Waals surface area contributed by atoms with E-state index in [0.29, 0.717) is 19.2 Å². The largest absolute Gasteiger partial charge is 0.376 e. The summed E-state index contributed by atoms with van der Waals surface area (Å²) < 4.78 is 31.0. The molecule has 1 aromatic carbocycles. The van der Waals surface area contributed by atoms with Gasteiger partial charge in [-0.1, -0.05) is 31.2 Å². The minimum Gasteiger partial charge on any atom is -0.376 e. The van der Waals surface area contributed by atoms with Crippen LogP contribution in [0.5, 0.6) is 0 Å². The van der Waals surface area contributed by atoms with E-state index in [4.69, 9.17) is 10.5 Å². The van der Waals surface area contributed by atoms with Crippen molar-refractivity contribution in [2.24, 2.45) is 5.73 Å². The molecule has 1 saturated heterocycles. The fourth-order valence-corrected chi connectivity index (χ4v) is 2.93. The maximum atomic E-state index is 12.7. The molecule has 0 amide bonds. The van der Waals surface area contributed by atoms with E-state index < -0.39 is 6.43 Å². The lowest BCUT2D eigenvalue weighted by Gasteiger charge is -2.43. The van der Waals surface area contributed by atoms with Crippen molar-refractivity contribution in [1.29, 1.82) is 0 Å². The van der Waals surface area contributed by atoms with Gasteiger partial charge in [-0.25, -0.2) is 8.78 Å². The summed E-state index contributed by atoms with van der Waals surface area (Å²) in [5.74, 6) is 0. The molecule has 0 bridgehead atoms. The summed E-state index contributed by atoms with van der Waals surface area (Å²) in [6.45, 7) is 6.16. The van der Waals surface area contributed by atoms with E-state index in [9.17, 15) is 8.78 Å². The fraction of sp³-hybridized carbons (Fsp3) is 0.625. The molecule has 21 heavy (non-hydrogen) atoms. The average molecular weight is 298 g/mol. The zero-order chi connectivity index (χ0) is 15.4. The Balaban J connectivity index is 2.20. The molecule has 3 atom stereocenters. The third-order valence-electron chi connectivity index (χ3n) is 4.18. The van der Waals surface area contributed by atoms with E-state index in [-0.39, 0.29) is 17.7 Å². The smallest absolute Gasteiger partial charge is 0.263 e. The Kier molecular flexibility index (Phi) is 5.67. The number of morpholine rings is 1. The third-order valence-corrected chi connectivity index (χ3v) is 4.18. The van der Waals surface area contributed by atoms with Crippen molar-refractivity contribution in [3.05, 3.63) is 35.4 Å². The number of hydrogen-bond donors (Lipinski definition) is 1. The summed E-state index contributed by atoms with van der Waals surface area (Å²) in [5, 5.41) is 0. The normalized spacial score (nSPS) is 25.2. The first-order valence-corrected chi connectivity index (χ1v) is 7.52. The van der Waals surface area contributed by atoms with Gasteiger partial charge in [0.1, 0.15) is 0 Å². The first-order valence-electron chi connectivity index (χ1n) is 7.52. The maximum Gasteiger partial charge on any atom is 0.263 e. The van der Waals surface area contributed by atoms with Gasteiger partial charge in [0.25, 0.3) is 6.43 Å². The number of hydrogen-bond acceptors (Lipinski definition) is 3. The van der Waals surface area contributed by atoms with Crippen LogP contribution in [0.3, 0.4) is 0 Å². The number of benzene rings is 1. The molecule has 0 saturated carbocycles. The van der Waals surface area contributed by atoms with Gasteiger partial charge in [-0.2, -0.15) is 0 Å². The van der Waals surface area contributed by atoms with Crippen LogP contribution in [-0.4, -0.2) is 36.7 Å². The second-order valence-corrected chi connectivity index (χ2v) is 5.62. The molecule has 0 aliphatic carbocycles. The maximum absolute atomic E-state index is 12.7. The highest BCUT2D eigenvalue weighted by molar-refractivity contribution is 5.26. The van der Waals surface area contributed by atoms with Gasteiger partial charge in [-0.3, -0.25) is 4.90 Å². The van der Waals surface area contributed by atoms with Gasteiger partial charge in [0.2, 0.25) is 0 Å². The van der Waals surface area contributed by atoms with E-state index in [1.165, 1.54) is 12.1 Å². The molecule has 1 aliphatic rings. The second kappa shape index (κ2) is 7.29. The molecule has 1 fully saturated rings. The van der Waals surface area contributed by atoms with E-state index >= 15 is 0 Å². The van der Waals surface area contributed by atoms with E-state index in [2.05, 4.69) is 11.8 Å². The summed E-state index contributed by atoms with van der Waals surface area (Å²) in [4.78, 5) is 2.35. The molecule has 3 unspecified atom stereocenters. The molecular formula is C16H24F2N2O. The molecule has 0 spiro atoms. The first kappa shape index (κ1) is 16.3. The molecule has 1 heterocycles. The minimum atomic E-state index is -2.43. The van der Waals surface area contributed by atoms with Crippen molar-refractivity contribution in [2.75, 3.05) is 19.7 Å². The van der Waals surface area contributed by atoms with Gasteiger partial charge in [-0.05, 0) is 18.9 Å². The van der Waals surface area contributed by atoms with Gasteiger partial charge in [0.05, 0.1) is 12.7 Å². The summed E-state index contributed by atoms with van der Waals surface area (Å²) in [6.07, 6.45) is -1.28. The summed E-state index contributed by atoms with van der Waals surface area (Å²) in [5.41, 5.74) is 7.01. The predicted octanol–water partition coefficient (Wildman–Crippen LogP) is 3.12. The van der Waals surface area contributed by atoms with Crippen LogP contribution in [0, 0.1) is 0 Å². The zero-order valence-corrected chi connectivity index (χ0v) is 12.6.